The summed E-state index contributed by atoms with van der Waals surface area (Å²) in [4.78, 5) is 22.1. The molecule has 1 N–H and O–H groups in total. The van der Waals surface area contributed by atoms with Crippen molar-refractivity contribution in [3.8, 4) is 11.3 Å². The van der Waals surface area contributed by atoms with Gasteiger partial charge in [0.15, 0.2) is 5.82 Å². The Morgan fingerprint density at radius 1 is 1.11 bits per heavy atom. The fourth-order valence-corrected chi connectivity index (χ4v) is 5.88. The van der Waals surface area contributed by atoms with Gasteiger partial charge in [0, 0.05) is 50.2 Å². The summed E-state index contributed by atoms with van der Waals surface area (Å²) in [7, 11) is 1.71. The number of alkyl halides is 2. The van der Waals surface area contributed by atoms with Crippen LogP contribution in [0.15, 0.2) is 36.7 Å². The van der Waals surface area contributed by atoms with Crippen LogP contribution >= 0.6 is 0 Å². The number of nitrogens with one attached hydrogen (secondary N) is 1. The van der Waals surface area contributed by atoms with Gasteiger partial charge in [-0.15, -0.1) is 0 Å². The number of hydrogen-bond acceptors (Lipinski definition) is 8. The number of rotatable bonds is 11. The molecule has 1 saturated heterocycles. The van der Waals surface area contributed by atoms with Crippen molar-refractivity contribution in [1.82, 2.24) is 34.3 Å². The smallest absolute Gasteiger partial charge is 0.251 e. The Labute approximate surface area is 256 Å². The first-order chi connectivity index (χ1) is 20.9. The predicted octanol–water partition coefficient (Wildman–Crippen LogP) is 6.15. The minimum absolute atomic E-state index is 0.132. The summed E-state index contributed by atoms with van der Waals surface area (Å²) < 4.78 is 48.6. The molecule has 4 heterocycles. The molecule has 9 nitrogen and oxygen atoms in total. The average molecular weight is 611 g/mol. The lowest BCUT2D eigenvalue weighted by molar-refractivity contribution is -0.107. The fraction of sp³-hybridized carbons (Fsp3) is 0.500. The van der Waals surface area contributed by atoms with E-state index in [1.54, 1.807) is 18.1 Å². The standard InChI is InChI=1S/C32H41F3N8O/c1-20(2)43-22(4)38-30-25(33)13-24(14-26(30)43)29-21(3)15-37-31(40-29)39-28-8-7-23(16-36-28)17-42-11-12-44-32(5,19-42)9-10-41(6)18-27(34)35/h7-8,13-16,20,27H,9-12,17-19H2,1-6H3,(H,36,37,39,40)/t32-/m1/s1. The van der Waals surface area contributed by atoms with Crippen molar-refractivity contribution in [3.05, 3.63) is 59.4 Å². The zero-order valence-corrected chi connectivity index (χ0v) is 26.2. The van der Waals surface area contributed by atoms with E-state index in [0.717, 1.165) is 29.0 Å². The first-order valence-electron chi connectivity index (χ1n) is 15.0. The van der Waals surface area contributed by atoms with E-state index in [9.17, 15) is 8.78 Å². The second-order valence-corrected chi connectivity index (χ2v) is 12.3. The number of aromatic nitrogens is 5. The second kappa shape index (κ2) is 13.2. The van der Waals surface area contributed by atoms with Gasteiger partial charge in [-0.1, -0.05) is 6.07 Å². The van der Waals surface area contributed by atoms with E-state index < -0.39 is 12.0 Å². The van der Waals surface area contributed by atoms with Gasteiger partial charge in [-0.2, -0.15) is 0 Å². The number of benzene rings is 1. The Bertz CT molecular complexity index is 1590. The van der Waals surface area contributed by atoms with Crippen LogP contribution in [-0.4, -0.2) is 86.2 Å². The number of halogens is 3. The molecule has 1 aliphatic rings. The van der Waals surface area contributed by atoms with Gasteiger partial charge in [0.1, 0.15) is 17.2 Å². The third kappa shape index (κ3) is 7.36. The number of aryl methyl sites for hydroxylation is 2. The van der Waals surface area contributed by atoms with Crippen molar-refractivity contribution in [3.63, 3.8) is 0 Å². The van der Waals surface area contributed by atoms with Crippen LogP contribution in [0.1, 0.15) is 50.2 Å². The SMILES string of the molecule is Cc1cnc(Nc2ccc(CN3CCO[C@](C)(CCN(C)CC(F)F)C3)cn2)nc1-c1cc(F)c2nc(C)n(C(C)C)c2c1. The van der Waals surface area contributed by atoms with Gasteiger partial charge in [-0.05, 0) is 77.4 Å². The summed E-state index contributed by atoms with van der Waals surface area (Å²) in [5.74, 6) is 1.33. The molecular formula is C32H41F3N8O. The summed E-state index contributed by atoms with van der Waals surface area (Å²) in [6.07, 6.45) is 1.87. The Balaban J connectivity index is 1.26. The van der Waals surface area contributed by atoms with Crippen LogP contribution in [0, 0.1) is 19.7 Å². The monoisotopic (exact) mass is 610 g/mol. The van der Waals surface area contributed by atoms with Crippen LogP contribution in [0.4, 0.5) is 24.9 Å². The van der Waals surface area contributed by atoms with E-state index in [1.807, 2.05) is 49.7 Å². The maximum absolute atomic E-state index is 15.1. The maximum Gasteiger partial charge on any atom is 0.251 e. The lowest BCUT2D eigenvalue weighted by atomic mass is 9.99. The van der Waals surface area contributed by atoms with Gasteiger partial charge in [0.05, 0.1) is 30.0 Å². The van der Waals surface area contributed by atoms with Crippen molar-refractivity contribution < 1.29 is 17.9 Å². The Morgan fingerprint density at radius 2 is 1.91 bits per heavy atom. The number of fused-ring (bicyclic) bond motifs is 1. The van der Waals surface area contributed by atoms with Gasteiger partial charge in [0.2, 0.25) is 5.95 Å². The van der Waals surface area contributed by atoms with Gasteiger partial charge in [-0.3, -0.25) is 4.90 Å². The molecule has 12 heteroatoms. The molecule has 1 fully saturated rings. The molecule has 0 amide bonds. The van der Waals surface area contributed by atoms with Crippen LogP contribution in [0.2, 0.25) is 0 Å². The Kier molecular flexibility index (Phi) is 9.52. The Hall–Kier alpha value is -3.61. The quantitative estimate of drug-likeness (QED) is 0.217. The van der Waals surface area contributed by atoms with Crippen molar-refractivity contribution in [1.29, 1.82) is 0 Å². The maximum atomic E-state index is 15.1. The fourth-order valence-electron chi connectivity index (χ4n) is 5.88. The number of anilines is 2. The summed E-state index contributed by atoms with van der Waals surface area (Å²) >= 11 is 0. The van der Waals surface area contributed by atoms with Crippen molar-refractivity contribution in [2.24, 2.45) is 0 Å². The first-order valence-corrected chi connectivity index (χ1v) is 15.0. The highest BCUT2D eigenvalue weighted by Crippen LogP contribution is 2.31. The molecule has 44 heavy (non-hydrogen) atoms. The number of hydrogen-bond donors (Lipinski definition) is 1. The molecule has 4 aromatic rings. The predicted molar refractivity (Wildman–Crippen MR) is 166 cm³/mol. The van der Waals surface area contributed by atoms with Gasteiger partial charge < -0.3 is 19.5 Å². The molecule has 1 aromatic carbocycles. The van der Waals surface area contributed by atoms with E-state index in [1.165, 1.54) is 6.07 Å². The number of imidazole rings is 1. The lowest BCUT2D eigenvalue weighted by Gasteiger charge is -2.41. The molecule has 1 atom stereocenters. The molecule has 1 aliphatic heterocycles. The number of pyridine rings is 1. The molecule has 236 valence electrons. The topological polar surface area (TPSA) is 84.2 Å². The minimum Gasteiger partial charge on any atom is -0.373 e. The zero-order chi connectivity index (χ0) is 31.6. The molecule has 0 bridgehead atoms. The van der Waals surface area contributed by atoms with Crippen LogP contribution in [0.25, 0.3) is 22.3 Å². The van der Waals surface area contributed by atoms with Gasteiger partial charge in [0.25, 0.3) is 6.43 Å². The molecule has 0 spiro atoms. The van der Waals surface area contributed by atoms with Crippen molar-refractivity contribution >= 4 is 22.8 Å². The lowest BCUT2D eigenvalue weighted by Crippen LogP contribution is -2.51. The third-order valence-corrected chi connectivity index (χ3v) is 8.05. The van der Waals surface area contributed by atoms with Crippen molar-refractivity contribution in [2.45, 2.75) is 65.7 Å². The number of ether oxygens (including phenoxy) is 1. The second-order valence-electron chi connectivity index (χ2n) is 12.3. The highest BCUT2D eigenvalue weighted by molar-refractivity contribution is 5.83. The first kappa shape index (κ1) is 31.8. The third-order valence-electron chi connectivity index (χ3n) is 8.05. The average Bonchev–Trinajstić information content (AvgIpc) is 3.30. The van der Waals surface area contributed by atoms with Gasteiger partial charge >= 0.3 is 0 Å². The molecular weight excluding hydrogens is 569 g/mol. The summed E-state index contributed by atoms with van der Waals surface area (Å²) in [5, 5.41) is 3.18. The number of nitrogens with zero attached hydrogens (tertiary/aromatic N) is 7. The minimum atomic E-state index is -2.34. The largest absolute Gasteiger partial charge is 0.373 e. The van der Waals surface area contributed by atoms with Crippen LogP contribution in [-0.2, 0) is 11.3 Å². The van der Waals surface area contributed by atoms with Crippen LogP contribution < -0.4 is 5.32 Å². The van der Waals surface area contributed by atoms with Gasteiger partial charge in [-0.25, -0.2) is 33.1 Å². The van der Waals surface area contributed by atoms with Crippen LogP contribution in [0.5, 0.6) is 0 Å². The van der Waals surface area contributed by atoms with E-state index in [4.69, 9.17) is 9.72 Å². The summed E-state index contributed by atoms with van der Waals surface area (Å²) in [6.45, 7) is 13.0. The van der Waals surface area contributed by atoms with E-state index in [0.29, 0.717) is 61.2 Å². The molecule has 0 unspecified atom stereocenters. The Morgan fingerprint density at radius 3 is 2.61 bits per heavy atom. The molecule has 0 radical (unpaired) electrons. The highest BCUT2D eigenvalue weighted by Gasteiger charge is 2.32. The summed E-state index contributed by atoms with van der Waals surface area (Å²) in [6, 6.07) is 7.43. The van der Waals surface area contributed by atoms with Crippen LogP contribution in [0.3, 0.4) is 0 Å². The van der Waals surface area contributed by atoms with E-state index >= 15 is 4.39 Å². The normalized spacial score (nSPS) is 17.8. The molecule has 0 saturated carbocycles. The highest BCUT2D eigenvalue weighted by atomic mass is 19.3. The van der Waals surface area contributed by atoms with E-state index in [2.05, 4.69) is 39.0 Å². The molecule has 3 aromatic heterocycles. The molecule has 0 aliphatic carbocycles. The number of morpholine rings is 1. The van der Waals surface area contributed by atoms with E-state index in [-0.39, 0.29) is 18.4 Å². The zero-order valence-electron chi connectivity index (χ0n) is 26.2. The molecule has 5 rings (SSSR count). The van der Waals surface area contributed by atoms with Crippen molar-refractivity contribution in [2.75, 3.05) is 45.2 Å². The summed E-state index contributed by atoms with van der Waals surface area (Å²) in [5.41, 5.74) is 3.84.